The van der Waals surface area contributed by atoms with Gasteiger partial charge in [0.15, 0.2) is 11.9 Å². The molecular formula is C27H26N4O3. The summed E-state index contributed by atoms with van der Waals surface area (Å²) in [6.07, 6.45) is -0.987. The van der Waals surface area contributed by atoms with Crippen molar-refractivity contribution in [2.45, 2.75) is 25.9 Å². The SMILES string of the molecule is CC(OC(=O)c1nc(-c2ccccc2)n(-c2ccccc2)n1)C(=O)NCC(C)c1ccccc1. The molecule has 0 aliphatic carbocycles. The van der Waals surface area contributed by atoms with E-state index < -0.39 is 12.1 Å². The highest BCUT2D eigenvalue weighted by Crippen LogP contribution is 2.21. The molecule has 1 N–H and O–H groups in total. The van der Waals surface area contributed by atoms with E-state index in [4.69, 9.17) is 4.74 Å². The second kappa shape index (κ2) is 10.6. The zero-order valence-electron chi connectivity index (χ0n) is 19.1. The van der Waals surface area contributed by atoms with E-state index in [9.17, 15) is 9.59 Å². The van der Waals surface area contributed by atoms with Crippen molar-refractivity contribution in [3.63, 3.8) is 0 Å². The number of para-hydroxylation sites is 1. The predicted octanol–water partition coefficient (Wildman–Crippen LogP) is 4.40. The van der Waals surface area contributed by atoms with Gasteiger partial charge in [0.2, 0.25) is 0 Å². The maximum absolute atomic E-state index is 12.8. The van der Waals surface area contributed by atoms with E-state index in [0.29, 0.717) is 12.4 Å². The number of hydrogen-bond donors (Lipinski definition) is 1. The van der Waals surface area contributed by atoms with Gasteiger partial charge in [0.25, 0.3) is 11.7 Å². The molecule has 34 heavy (non-hydrogen) atoms. The van der Waals surface area contributed by atoms with Crippen LogP contribution in [0.3, 0.4) is 0 Å². The Morgan fingerprint density at radius 2 is 1.47 bits per heavy atom. The normalized spacial score (nSPS) is 12.5. The summed E-state index contributed by atoms with van der Waals surface area (Å²) in [5.74, 6) is -0.607. The Hall–Kier alpha value is -4.26. The molecule has 3 aromatic carbocycles. The van der Waals surface area contributed by atoms with Crippen LogP contribution in [0.25, 0.3) is 17.1 Å². The van der Waals surface area contributed by atoms with E-state index in [1.165, 1.54) is 6.92 Å². The average Bonchev–Trinajstić information content (AvgIpc) is 3.34. The zero-order chi connectivity index (χ0) is 23.9. The fraction of sp³-hybridized carbons (Fsp3) is 0.185. The smallest absolute Gasteiger partial charge is 0.379 e. The summed E-state index contributed by atoms with van der Waals surface area (Å²) in [6, 6.07) is 28.8. The third kappa shape index (κ3) is 5.38. The number of esters is 1. The van der Waals surface area contributed by atoms with E-state index in [1.807, 2.05) is 97.9 Å². The molecule has 2 unspecified atom stereocenters. The van der Waals surface area contributed by atoms with Crippen LogP contribution >= 0.6 is 0 Å². The number of nitrogens with one attached hydrogen (secondary N) is 1. The summed E-state index contributed by atoms with van der Waals surface area (Å²) in [5, 5.41) is 7.23. The number of amides is 1. The third-order valence-electron chi connectivity index (χ3n) is 5.43. The van der Waals surface area contributed by atoms with Crippen molar-refractivity contribution in [3.8, 4) is 17.1 Å². The molecule has 0 fully saturated rings. The van der Waals surface area contributed by atoms with Gasteiger partial charge < -0.3 is 10.1 Å². The summed E-state index contributed by atoms with van der Waals surface area (Å²) in [6.45, 7) is 3.99. The van der Waals surface area contributed by atoms with Gasteiger partial charge >= 0.3 is 5.97 Å². The largest absolute Gasteiger partial charge is 0.447 e. The Kier molecular flexibility index (Phi) is 7.13. The van der Waals surface area contributed by atoms with Crippen molar-refractivity contribution in [2.24, 2.45) is 0 Å². The Labute approximate surface area is 198 Å². The lowest BCUT2D eigenvalue weighted by atomic mass is 10.0. The van der Waals surface area contributed by atoms with Crippen LogP contribution in [0.15, 0.2) is 91.0 Å². The van der Waals surface area contributed by atoms with Crippen LogP contribution in [0, 0.1) is 0 Å². The number of benzene rings is 3. The molecule has 0 bridgehead atoms. The molecule has 0 saturated heterocycles. The second-order valence-electron chi connectivity index (χ2n) is 7.98. The van der Waals surface area contributed by atoms with Gasteiger partial charge in [-0.2, -0.15) is 0 Å². The topological polar surface area (TPSA) is 86.1 Å². The zero-order valence-corrected chi connectivity index (χ0v) is 19.1. The fourth-order valence-electron chi connectivity index (χ4n) is 3.49. The van der Waals surface area contributed by atoms with E-state index in [1.54, 1.807) is 4.68 Å². The molecule has 7 nitrogen and oxygen atoms in total. The fourth-order valence-corrected chi connectivity index (χ4v) is 3.49. The van der Waals surface area contributed by atoms with Gasteiger partial charge in [0.1, 0.15) is 0 Å². The standard InChI is InChI=1S/C27H26N4O3/c1-19(21-12-6-3-7-13-21)18-28-26(32)20(2)34-27(33)24-29-25(22-14-8-4-9-15-22)31(30-24)23-16-10-5-11-17-23/h3-17,19-20H,18H2,1-2H3,(H,28,32). The highest BCUT2D eigenvalue weighted by Gasteiger charge is 2.24. The summed E-state index contributed by atoms with van der Waals surface area (Å²) < 4.78 is 6.98. The van der Waals surface area contributed by atoms with E-state index in [0.717, 1.165) is 16.8 Å². The van der Waals surface area contributed by atoms with Crippen molar-refractivity contribution < 1.29 is 14.3 Å². The van der Waals surface area contributed by atoms with Crippen LogP contribution in [-0.2, 0) is 9.53 Å². The van der Waals surface area contributed by atoms with Crippen LogP contribution in [-0.4, -0.2) is 39.3 Å². The average molecular weight is 455 g/mol. The van der Waals surface area contributed by atoms with Crippen molar-refractivity contribution in [1.82, 2.24) is 20.1 Å². The van der Waals surface area contributed by atoms with E-state index >= 15 is 0 Å². The summed E-state index contributed by atoms with van der Waals surface area (Å²) in [4.78, 5) is 29.8. The molecule has 0 aliphatic rings. The molecule has 4 aromatic rings. The molecule has 172 valence electrons. The quantitative estimate of drug-likeness (QED) is 0.399. The highest BCUT2D eigenvalue weighted by atomic mass is 16.5. The third-order valence-corrected chi connectivity index (χ3v) is 5.43. The van der Waals surface area contributed by atoms with Gasteiger partial charge in [0, 0.05) is 12.1 Å². The van der Waals surface area contributed by atoms with Gasteiger partial charge in [-0.25, -0.2) is 14.5 Å². The predicted molar refractivity (Wildman–Crippen MR) is 130 cm³/mol. The van der Waals surface area contributed by atoms with E-state index in [2.05, 4.69) is 15.4 Å². The van der Waals surface area contributed by atoms with Crippen molar-refractivity contribution >= 4 is 11.9 Å². The van der Waals surface area contributed by atoms with Crippen molar-refractivity contribution in [2.75, 3.05) is 6.54 Å². The molecule has 1 aromatic heterocycles. The number of carbonyl (C=O) groups excluding carboxylic acids is 2. The summed E-state index contributed by atoms with van der Waals surface area (Å²) >= 11 is 0. The first-order valence-corrected chi connectivity index (χ1v) is 11.1. The molecule has 0 aliphatic heterocycles. The number of rotatable bonds is 8. The Morgan fingerprint density at radius 1 is 0.882 bits per heavy atom. The number of carbonyl (C=O) groups is 2. The monoisotopic (exact) mass is 454 g/mol. The summed E-state index contributed by atoms with van der Waals surface area (Å²) in [7, 11) is 0. The van der Waals surface area contributed by atoms with Crippen LogP contribution in [0.2, 0.25) is 0 Å². The van der Waals surface area contributed by atoms with E-state index in [-0.39, 0.29) is 17.6 Å². The van der Waals surface area contributed by atoms with Gasteiger partial charge in [-0.05, 0) is 30.5 Å². The Bertz CT molecular complexity index is 1180. The first kappa shape index (κ1) is 22.9. The molecule has 0 radical (unpaired) electrons. The molecule has 0 spiro atoms. The van der Waals surface area contributed by atoms with Crippen LogP contribution in [0.1, 0.15) is 35.9 Å². The number of aromatic nitrogens is 3. The van der Waals surface area contributed by atoms with Crippen LogP contribution in [0.5, 0.6) is 0 Å². The summed E-state index contributed by atoms with van der Waals surface area (Å²) in [5.41, 5.74) is 2.68. The lowest BCUT2D eigenvalue weighted by Gasteiger charge is -2.16. The molecule has 4 rings (SSSR count). The minimum Gasteiger partial charge on any atom is -0.447 e. The lowest BCUT2D eigenvalue weighted by molar-refractivity contribution is -0.129. The van der Waals surface area contributed by atoms with Crippen LogP contribution < -0.4 is 5.32 Å². The highest BCUT2D eigenvalue weighted by molar-refractivity contribution is 5.89. The molecule has 1 amide bonds. The number of ether oxygens (including phenoxy) is 1. The Morgan fingerprint density at radius 3 is 2.12 bits per heavy atom. The van der Waals surface area contributed by atoms with Gasteiger partial charge in [-0.1, -0.05) is 85.8 Å². The van der Waals surface area contributed by atoms with Gasteiger partial charge in [0.05, 0.1) is 5.69 Å². The second-order valence-corrected chi connectivity index (χ2v) is 7.98. The molecule has 7 heteroatoms. The van der Waals surface area contributed by atoms with Gasteiger partial charge in [-0.3, -0.25) is 4.79 Å². The maximum atomic E-state index is 12.8. The minimum atomic E-state index is -0.987. The van der Waals surface area contributed by atoms with Crippen molar-refractivity contribution in [3.05, 3.63) is 102 Å². The number of nitrogens with zero attached hydrogens (tertiary/aromatic N) is 3. The van der Waals surface area contributed by atoms with Crippen molar-refractivity contribution in [1.29, 1.82) is 0 Å². The first-order valence-electron chi connectivity index (χ1n) is 11.1. The number of hydrogen-bond acceptors (Lipinski definition) is 5. The molecular weight excluding hydrogens is 428 g/mol. The lowest BCUT2D eigenvalue weighted by Crippen LogP contribution is -2.37. The maximum Gasteiger partial charge on any atom is 0.379 e. The molecule has 1 heterocycles. The van der Waals surface area contributed by atoms with Crippen LogP contribution in [0.4, 0.5) is 0 Å². The first-order chi connectivity index (χ1) is 16.5. The van der Waals surface area contributed by atoms with Gasteiger partial charge in [-0.15, -0.1) is 5.10 Å². The molecule has 2 atom stereocenters. The minimum absolute atomic E-state index is 0.111. The Balaban J connectivity index is 1.46. The molecule has 0 saturated carbocycles.